The zero-order valence-corrected chi connectivity index (χ0v) is 11.3. The van der Waals surface area contributed by atoms with Crippen molar-refractivity contribution in [3.8, 4) is 11.5 Å². The van der Waals surface area contributed by atoms with Gasteiger partial charge in [-0.05, 0) is 32.4 Å². The van der Waals surface area contributed by atoms with Crippen molar-refractivity contribution in [3.05, 3.63) is 23.3 Å². The topological polar surface area (TPSA) is 44.5 Å². The maximum atomic E-state index is 14.4. The molecule has 102 valence electrons. The van der Waals surface area contributed by atoms with Crippen LogP contribution in [0.5, 0.6) is 11.5 Å². The number of hydrogen-bond acceptors (Lipinski definition) is 3. The Hall–Kier alpha value is -1.36. The molecule has 1 aromatic carbocycles. The van der Waals surface area contributed by atoms with Gasteiger partial charge in [0.25, 0.3) is 5.92 Å². The van der Waals surface area contributed by atoms with Crippen LogP contribution in [0.25, 0.3) is 0 Å². The minimum atomic E-state index is -3.20. The van der Waals surface area contributed by atoms with Crippen molar-refractivity contribution < 1.29 is 18.3 Å². The van der Waals surface area contributed by atoms with E-state index in [-0.39, 0.29) is 11.3 Å². The van der Waals surface area contributed by atoms with Gasteiger partial charge in [0, 0.05) is 6.07 Å². The van der Waals surface area contributed by atoms with E-state index < -0.39 is 11.5 Å². The smallest absolute Gasteiger partial charge is 0.294 e. The molecule has 0 atom stereocenters. The van der Waals surface area contributed by atoms with Crippen LogP contribution in [0, 0.1) is 6.92 Å². The molecule has 0 spiro atoms. The van der Waals surface area contributed by atoms with Gasteiger partial charge in [0.2, 0.25) is 0 Å². The Bertz CT molecular complexity index is 439. The molecule has 0 aliphatic carbocycles. The lowest BCUT2D eigenvalue weighted by molar-refractivity contribution is -0.0693. The maximum Gasteiger partial charge on any atom is 0.294 e. The van der Waals surface area contributed by atoms with Gasteiger partial charge < -0.3 is 15.2 Å². The Morgan fingerprint density at radius 1 is 1.11 bits per heavy atom. The first-order valence-corrected chi connectivity index (χ1v) is 5.55. The molecule has 3 nitrogen and oxygen atoms in total. The number of hydrogen-bond donors (Lipinski definition) is 1. The van der Waals surface area contributed by atoms with Crippen LogP contribution in [0.3, 0.4) is 0 Å². The van der Waals surface area contributed by atoms with Crippen molar-refractivity contribution in [2.45, 2.75) is 32.2 Å². The van der Waals surface area contributed by atoms with Crippen LogP contribution in [0.1, 0.15) is 25.0 Å². The summed E-state index contributed by atoms with van der Waals surface area (Å²) in [4.78, 5) is 0. The van der Waals surface area contributed by atoms with Gasteiger partial charge in [0.15, 0.2) is 0 Å². The minimum Gasteiger partial charge on any atom is -0.497 e. The molecule has 0 saturated carbocycles. The van der Waals surface area contributed by atoms with Crippen molar-refractivity contribution in [1.29, 1.82) is 0 Å². The van der Waals surface area contributed by atoms with E-state index in [0.717, 1.165) is 0 Å². The standard InChI is InChI=1S/C13H19F2NO2/c1-8-6-9(17-4)7-10(18-5)11(8)13(14,15)12(2,3)16/h6-7H,16H2,1-5H3. The van der Waals surface area contributed by atoms with Gasteiger partial charge in [-0.15, -0.1) is 0 Å². The van der Waals surface area contributed by atoms with Gasteiger partial charge in [0.1, 0.15) is 11.5 Å². The van der Waals surface area contributed by atoms with Gasteiger partial charge in [-0.25, -0.2) is 0 Å². The van der Waals surface area contributed by atoms with Crippen LogP contribution < -0.4 is 15.2 Å². The van der Waals surface area contributed by atoms with E-state index in [1.807, 2.05) is 0 Å². The highest BCUT2D eigenvalue weighted by atomic mass is 19.3. The average molecular weight is 259 g/mol. The van der Waals surface area contributed by atoms with Crippen molar-refractivity contribution in [3.63, 3.8) is 0 Å². The van der Waals surface area contributed by atoms with Gasteiger partial charge in [-0.3, -0.25) is 0 Å². The number of methoxy groups -OCH3 is 2. The normalized spacial score (nSPS) is 12.4. The summed E-state index contributed by atoms with van der Waals surface area (Å²) in [5.74, 6) is -2.65. The monoisotopic (exact) mass is 259 g/mol. The second-order valence-electron chi connectivity index (χ2n) is 4.82. The highest BCUT2D eigenvalue weighted by Gasteiger charge is 2.48. The number of nitrogens with two attached hydrogens (primary N) is 1. The fourth-order valence-corrected chi connectivity index (χ4v) is 1.73. The Morgan fingerprint density at radius 3 is 2.06 bits per heavy atom. The molecule has 1 aromatic rings. The summed E-state index contributed by atoms with van der Waals surface area (Å²) in [6.07, 6.45) is 0. The summed E-state index contributed by atoms with van der Waals surface area (Å²) < 4.78 is 38.8. The molecule has 0 bridgehead atoms. The lowest BCUT2D eigenvalue weighted by Gasteiger charge is -2.32. The molecule has 0 amide bonds. The van der Waals surface area contributed by atoms with Crippen molar-refractivity contribution in [1.82, 2.24) is 0 Å². The maximum absolute atomic E-state index is 14.4. The summed E-state index contributed by atoms with van der Waals surface area (Å²) in [6, 6.07) is 2.97. The zero-order valence-electron chi connectivity index (χ0n) is 11.3. The van der Waals surface area contributed by atoms with Gasteiger partial charge in [0.05, 0.1) is 25.3 Å². The quantitative estimate of drug-likeness (QED) is 0.904. The third-order valence-corrected chi connectivity index (χ3v) is 2.85. The number of alkyl halides is 2. The predicted octanol–water partition coefficient (Wildman–Crippen LogP) is 2.84. The molecule has 0 heterocycles. The van der Waals surface area contributed by atoms with Gasteiger partial charge in [-0.1, -0.05) is 0 Å². The highest BCUT2D eigenvalue weighted by molar-refractivity contribution is 5.49. The summed E-state index contributed by atoms with van der Waals surface area (Å²) in [7, 11) is 2.82. The van der Waals surface area contributed by atoms with Crippen molar-refractivity contribution >= 4 is 0 Å². The lowest BCUT2D eigenvalue weighted by atomic mass is 9.88. The molecular formula is C13H19F2NO2. The first-order chi connectivity index (χ1) is 8.15. The second-order valence-corrected chi connectivity index (χ2v) is 4.82. The van der Waals surface area contributed by atoms with E-state index in [0.29, 0.717) is 11.3 Å². The summed E-state index contributed by atoms with van der Waals surface area (Å²) >= 11 is 0. The van der Waals surface area contributed by atoms with E-state index >= 15 is 0 Å². The molecule has 2 N–H and O–H groups in total. The van der Waals surface area contributed by atoms with E-state index in [2.05, 4.69) is 0 Å². The number of rotatable bonds is 4. The molecule has 0 unspecified atom stereocenters. The predicted molar refractivity (Wildman–Crippen MR) is 66.4 cm³/mol. The molecule has 0 aromatic heterocycles. The SMILES string of the molecule is COc1cc(C)c(C(F)(F)C(C)(C)N)c(OC)c1. The lowest BCUT2D eigenvalue weighted by Crippen LogP contribution is -2.49. The first-order valence-electron chi connectivity index (χ1n) is 5.55. The molecular weight excluding hydrogens is 240 g/mol. The molecule has 1 rings (SSSR count). The molecule has 0 fully saturated rings. The van der Waals surface area contributed by atoms with Crippen molar-refractivity contribution in [2.75, 3.05) is 14.2 Å². The van der Waals surface area contributed by atoms with Crippen LogP contribution in [0.15, 0.2) is 12.1 Å². The largest absolute Gasteiger partial charge is 0.497 e. The van der Waals surface area contributed by atoms with Crippen LogP contribution in [-0.4, -0.2) is 19.8 Å². The molecule has 0 radical (unpaired) electrons. The highest BCUT2D eigenvalue weighted by Crippen LogP contribution is 2.44. The third-order valence-electron chi connectivity index (χ3n) is 2.85. The summed E-state index contributed by atoms with van der Waals surface area (Å²) in [5, 5.41) is 0. The number of benzene rings is 1. The molecule has 5 heteroatoms. The number of aryl methyl sites for hydroxylation is 1. The zero-order chi connectivity index (χ0) is 14.1. The van der Waals surface area contributed by atoms with E-state index in [9.17, 15) is 8.78 Å². The fraction of sp³-hybridized carbons (Fsp3) is 0.538. The van der Waals surface area contributed by atoms with E-state index in [1.165, 1.54) is 40.2 Å². The van der Waals surface area contributed by atoms with Gasteiger partial charge in [-0.2, -0.15) is 8.78 Å². The van der Waals surface area contributed by atoms with Crippen LogP contribution >= 0.6 is 0 Å². The Labute approximate surface area is 106 Å². The first kappa shape index (κ1) is 14.7. The minimum absolute atomic E-state index is 0.0791. The Morgan fingerprint density at radius 2 is 1.67 bits per heavy atom. The molecule has 0 aliphatic rings. The van der Waals surface area contributed by atoms with E-state index in [4.69, 9.17) is 15.2 Å². The Balaban J connectivity index is 3.50. The third kappa shape index (κ3) is 2.41. The summed E-state index contributed by atoms with van der Waals surface area (Å²) in [6.45, 7) is 4.16. The van der Waals surface area contributed by atoms with Gasteiger partial charge >= 0.3 is 0 Å². The number of halogens is 2. The van der Waals surface area contributed by atoms with Crippen molar-refractivity contribution in [2.24, 2.45) is 5.73 Å². The van der Waals surface area contributed by atoms with Crippen LogP contribution in [-0.2, 0) is 5.92 Å². The molecule has 18 heavy (non-hydrogen) atoms. The number of ether oxygens (including phenoxy) is 2. The average Bonchev–Trinajstić information content (AvgIpc) is 2.25. The van der Waals surface area contributed by atoms with Crippen LogP contribution in [0.4, 0.5) is 8.78 Å². The molecule has 0 saturated heterocycles. The van der Waals surface area contributed by atoms with Crippen LogP contribution in [0.2, 0.25) is 0 Å². The molecule has 0 aliphatic heterocycles. The Kier molecular flexibility index (Phi) is 3.86. The van der Waals surface area contributed by atoms with E-state index in [1.54, 1.807) is 6.92 Å². The summed E-state index contributed by atoms with van der Waals surface area (Å²) in [5.41, 5.74) is 4.08. The fourth-order valence-electron chi connectivity index (χ4n) is 1.73. The second kappa shape index (κ2) is 4.72.